The first-order valence-corrected chi connectivity index (χ1v) is 8.89. The van der Waals surface area contributed by atoms with E-state index in [-0.39, 0.29) is 11.7 Å². The summed E-state index contributed by atoms with van der Waals surface area (Å²) >= 11 is 0. The Kier molecular flexibility index (Phi) is 8.77. The Morgan fingerprint density at radius 3 is 2.19 bits per heavy atom. The Hall–Kier alpha value is -0.920. The summed E-state index contributed by atoms with van der Waals surface area (Å²) in [7, 11) is -3.88. The normalized spacial score (nSPS) is 12.2. The molecule has 6 nitrogen and oxygen atoms in total. The summed E-state index contributed by atoms with van der Waals surface area (Å²) in [6.07, 6.45) is 1.14. The predicted octanol–water partition coefficient (Wildman–Crippen LogP) is 1.63. The molecule has 0 aliphatic carbocycles. The van der Waals surface area contributed by atoms with Gasteiger partial charge in [0.1, 0.15) is 13.2 Å². The van der Waals surface area contributed by atoms with E-state index in [4.69, 9.17) is 9.29 Å². The molecule has 0 saturated carbocycles. The Labute approximate surface area is 128 Å². The van der Waals surface area contributed by atoms with E-state index >= 15 is 0 Å². The smallest absolute Gasteiger partial charge is 0.333 e. The Balaban J connectivity index is 4.29. The summed E-state index contributed by atoms with van der Waals surface area (Å²) in [4.78, 5) is 11.4. The molecule has 0 aliphatic rings. The minimum atomic E-state index is -3.88. The van der Waals surface area contributed by atoms with Crippen molar-refractivity contribution in [2.75, 3.05) is 38.5 Å². The molecule has 0 rings (SSSR count). The molecule has 124 valence electrons. The van der Waals surface area contributed by atoms with Crippen molar-refractivity contribution >= 4 is 16.1 Å². The maximum absolute atomic E-state index is 11.4. The molecule has 0 aliphatic heterocycles. The number of hydrogen-bond donors (Lipinski definition) is 1. The van der Waals surface area contributed by atoms with Crippen LogP contribution in [0.4, 0.5) is 0 Å². The van der Waals surface area contributed by atoms with Gasteiger partial charge in [0.15, 0.2) is 0 Å². The van der Waals surface area contributed by atoms with Gasteiger partial charge in [-0.05, 0) is 33.6 Å². The first kappa shape index (κ1) is 20.1. The van der Waals surface area contributed by atoms with E-state index in [1.807, 2.05) is 0 Å². The number of carbonyl (C=O) groups is 1. The molecular formula is C14H28NO5S+. The molecule has 21 heavy (non-hydrogen) atoms. The topological polar surface area (TPSA) is 80.7 Å². The summed E-state index contributed by atoms with van der Waals surface area (Å²) in [6, 6.07) is 0. The summed E-state index contributed by atoms with van der Waals surface area (Å²) < 4.78 is 36.0. The van der Waals surface area contributed by atoms with Crippen molar-refractivity contribution in [1.82, 2.24) is 0 Å². The molecule has 0 spiro atoms. The standard InChI is InChI=1S/C14H27NO5S/c1-5-15(6-2,9-7-8-12-21(17,18)19)10-11-20-14(16)13(3)4/h3,5-12H2,1-2,4H3/p+1. The number of quaternary nitrogens is 1. The number of likely N-dealkylation sites (N-methyl/N-ethyl adjacent to an activating group) is 1. The average molecular weight is 322 g/mol. The second kappa shape index (κ2) is 9.17. The maximum Gasteiger partial charge on any atom is 0.333 e. The highest BCUT2D eigenvalue weighted by molar-refractivity contribution is 7.85. The van der Waals surface area contributed by atoms with Crippen LogP contribution in [0.3, 0.4) is 0 Å². The predicted molar refractivity (Wildman–Crippen MR) is 82.5 cm³/mol. The van der Waals surface area contributed by atoms with E-state index in [0.717, 1.165) is 24.1 Å². The van der Waals surface area contributed by atoms with Crippen molar-refractivity contribution in [2.45, 2.75) is 33.6 Å². The van der Waals surface area contributed by atoms with E-state index < -0.39 is 10.1 Å². The van der Waals surface area contributed by atoms with E-state index in [0.29, 0.717) is 31.6 Å². The first-order chi connectivity index (χ1) is 9.66. The monoisotopic (exact) mass is 322 g/mol. The van der Waals surface area contributed by atoms with Crippen LogP contribution < -0.4 is 0 Å². The lowest BCUT2D eigenvalue weighted by molar-refractivity contribution is -0.925. The number of hydrogen-bond acceptors (Lipinski definition) is 4. The van der Waals surface area contributed by atoms with Crippen LogP contribution in [0.2, 0.25) is 0 Å². The fourth-order valence-electron chi connectivity index (χ4n) is 2.15. The lowest BCUT2D eigenvalue weighted by Crippen LogP contribution is -2.50. The molecule has 0 fully saturated rings. The van der Waals surface area contributed by atoms with E-state index in [2.05, 4.69) is 20.4 Å². The molecule has 7 heteroatoms. The van der Waals surface area contributed by atoms with Crippen molar-refractivity contribution in [1.29, 1.82) is 0 Å². The van der Waals surface area contributed by atoms with Gasteiger partial charge in [-0.3, -0.25) is 4.55 Å². The molecule has 0 aromatic rings. The minimum absolute atomic E-state index is 0.203. The third kappa shape index (κ3) is 8.85. The van der Waals surface area contributed by atoms with Crippen molar-refractivity contribution in [3.8, 4) is 0 Å². The Morgan fingerprint density at radius 2 is 1.76 bits per heavy atom. The number of nitrogens with zero attached hydrogens (tertiary/aromatic N) is 1. The number of ether oxygens (including phenoxy) is 1. The molecule has 0 heterocycles. The van der Waals surface area contributed by atoms with Crippen LogP contribution in [0.15, 0.2) is 12.2 Å². The summed E-state index contributed by atoms with van der Waals surface area (Å²) in [5, 5.41) is 0. The molecule has 0 unspecified atom stereocenters. The van der Waals surface area contributed by atoms with Crippen molar-refractivity contribution in [2.24, 2.45) is 0 Å². The number of carbonyl (C=O) groups excluding carboxylic acids is 1. The van der Waals surface area contributed by atoms with Gasteiger partial charge < -0.3 is 9.22 Å². The van der Waals surface area contributed by atoms with Crippen LogP contribution in [-0.2, 0) is 19.6 Å². The lowest BCUT2D eigenvalue weighted by atomic mass is 10.2. The fraction of sp³-hybridized carbons (Fsp3) is 0.786. The highest BCUT2D eigenvalue weighted by Gasteiger charge is 2.23. The molecule has 0 amide bonds. The molecule has 0 aromatic carbocycles. The minimum Gasteiger partial charge on any atom is -0.456 e. The van der Waals surface area contributed by atoms with E-state index in [9.17, 15) is 13.2 Å². The molecule has 0 saturated heterocycles. The summed E-state index contributed by atoms with van der Waals surface area (Å²) in [5.74, 6) is -0.586. The fourth-order valence-corrected chi connectivity index (χ4v) is 2.72. The van der Waals surface area contributed by atoms with Gasteiger partial charge in [0.05, 0.1) is 25.4 Å². The van der Waals surface area contributed by atoms with Crippen LogP contribution >= 0.6 is 0 Å². The zero-order chi connectivity index (χ0) is 16.5. The van der Waals surface area contributed by atoms with Gasteiger partial charge in [0, 0.05) is 5.57 Å². The second-order valence-corrected chi connectivity index (χ2v) is 6.90. The molecule has 1 N–H and O–H groups in total. The number of rotatable bonds is 11. The molecule has 0 atom stereocenters. The summed E-state index contributed by atoms with van der Waals surface area (Å²) in [5.41, 5.74) is 0.384. The van der Waals surface area contributed by atoms with Crippen LogP contribution in [0, 0.1) is 0 Å². The number of unbranched alkanes of at least 4 members (excludes halogenated alkanes) is 1. The largest absolute Gasteiger partial charge is 0.456 e. The highest BCUT2D eigenvalue weighted by atomic mass is 32.2. The zero-order valence-corrected chi connectivity index (χ0v) is 14.1. The highest BCUT2D eigenvalue weighted by Crippen LogP contribution is 2.10. The number of esters is 1. The average Bonchev–Trinajstić information content (AvgIpc) is 2.40. The zero-order valence-electron chi connectivity index (χ0n) is 13.3. The van der Waals surface area contributed by atoms with Crippen LogP contribution in [-0.4, -0.2) is 62.0 Å². The molecule has 0 radical (unpaired) electrons. The van der Waals surface area contributed by atoms with Crippen LogP contribution in [0.5, 0.6) is 0 Å². The molecular weight excluding hydrogens is 294 g/mol. The quantitative estimate of drug-likeness (QED) is 0.206. The van der Waals surface area contributed by atoms with Gasteiger partial charge in [-0.2, -0.15) is 8.42 Å². The van der Waals surface area contributed by atoms with Crippen LogP contribution in [0.1, 0.15) is 33.6 Å². The Bertz CT molecular complexity index is 440. The van der Waals surface area contributed by atoms with Crippen molar-refractivity contribution < 1.29 is 27.0 Å². The van der Waals surface area contributed by atoms with E-state index in [1.54, 1.807) is 6.92 Å². The lowest BCUT2D eigenvalue weighted by Gasteiger charge is -2.36. The maximum atomic E-state index is 11.4. The SMILES string of the molecule is C=C(C)C(=O)OCC[N+](CC)(CC)CCCCS(=O)(=O)O. The first-order valence-electron chi connectivity index (χ1n) is 7.28. The van der Waals surface area contributed by atoms with Crippen molar-refractivity contribution in [3.63, 3.8) is 0 Å². The van der Waals surface area contributed by atoms with Gasteiger partial charge in [-0.15, -0.1) is 0 Å². The molecule has 0 bridgehead atoms. The van der Waals surface area contributed by atoms with Crippen molar-refractivity contribution in [3.05, 3.63) is 12.2 Å². The van der Waals surface area contributed by atoms with Gasteiger partial charge in [-0.25, -0.2) is 4.79 Å². The molecule has 0 aromatic heterocycles. The summed E-state index contributed by atoms with van der Waals surface area (Å²) in [6.45, 7) is 12.8. The van der Waals surface area contributed by atoms with Gasteiger partial charge in [-0.1, -0.05) is 6.58 Å². The van der Waals surface area contributed by atoms with Crippen LogP contribution in [0.25, 0.3) is 0 Å². The second-order valence-electron chi connectivity index (χ2n) is 5.33. The third-order valence-corrected chi connectivity index (χ3v) is 4.58. The van der Waals surface area contributed by atoms with Gasteiger partial charge >= 0.3 is 5.97 Å². The van der Waals surface area contributed by atoms with Gasteiger partial charge in [0.25, 0.3) is 10.1 Å². The Morgan fingerprint density at radius 1 is 1.19 bits per heavy atom. The van der Waals surface area contributed by atoms with Gasteiger partial charge in [0.2, 0.25) is 0 Å². The third-order valence-electron chi connectivity index (χ3n) is 3.77. The van der Waals surface area contributed by atoms with E-state index in [1.165, 1.54) is 0 Å².